The van der Waals surface area contributed by atoms with Gasteiger partial charge in [-0.1, -0.05) is 27.5 Å². The van der Waals surface area contributed by atoms with Crippen LogP contribution in [0.3, 0.4) is 0 Å². The number of nitrogens with one attached hydrogen (secondary N) is 2. The van der Waals surface area contributed by atoms with Crippen LogP contribution in [0.15, 0.2) is 34.8 Å². The number of hydrogen-bond donors (Lipinski definition) is 2. The van der Waals surface area contributed by atoms with Crippen LogP contribution in [0.1, 0.15) is 5.56 Å². The van der Waals surface area contributed by atoms with Crippen molar-refractivity contribution in [2.45, 2.75) is 6.92 Å². The summed E-state index contributed by atoms with van der Waals surface area (Å²) in [5, 5.41) is 6.34. The van der Waals surface area contributed by atoms with Crippen LogP contribution in [-0.4, -0.2) is 25.7 Å². The van der Waals surface area contributed by atoms with Gasteiger partial charge >= 0.3 is 0 Å². The molecule has 0 atom stereocenters. The van der Waals surface area contributed by atoms with Crippen molar-refractivity contribution in [1.29, 1.82) is 0 Å². The van der Waals surface area contributed by atoms with E-state index in [2.05, 4.69) is 26.6 Å². The molecule has 0 fully saturated rings. The molecule has 126 valence electrons. The second kappa shape index (κ2) is 7.32. The van der Waals surface area contributed by atoms with Gasteiger partial charge in [-0.2, -0.15) is 0 Å². The van der Waals surface area contributed by atoms with Gasteiger partial charge in [-0.15, -0.1) is 0 Å². The van der Waals surface area contributed by atoms with E-state index in [0.29, 0.717) is 35.4 Å². The number of amides is 1. The van der Waals surface area contributed by atoms with Crippen molar-refractivity contribution >= 4 is 44.8 Å². The maximum atomic E-state index is 12.1. The van der Waals surface area contributed by atoms with Gasteiger partial charge < -0.3 is 20.1 Å². The van der Waals surface area contributed by atoms with Crippen molar-refractivity contribution in [2.24, 2.45) is 0 Å². The Balaban J connectivity index is 1.62. The Kier molecular flexibility index (Phi) is 5.16. The minimum absolute atomic E-state index is 0.0917. The zero-order valence-corrected chi connectivity index (χ0v) is 15.3. The van der Waals surface area contributed by atoms with E-state index in [0.717, 1.165) is 15.7 Å². The third-order valence-electron chi connectivity index (χ3n) is 3.51. The van der Waals surface area contributed by atoms with E-state index < -0.39 is 0 Å². The number of hydrogen-bond acceptors (Lipinski definition) is 4. The smallest absolute Gasteiger partial charge is 0.243 e. The van der Waals surface area contributed by atoms with Crippen LogP contribution in [0.2, 0.25) is 5.02 Å². The molecule has 1 heterocycles. The summed E-state index contributed by atoms with van der Waals surface area (Å²) < 4.78 is 12.0. The number of anilines is 2. The van der Waals surface area contributed by atoms with Gasteiger partial charge in [-0.05, 0) is 30.7 Å². The van der Waals surface area contributed by atoms with Crippen molar-refractivity contribution < 1.29 is 14.3 Å². The Bertz CT molecular complexity index is 783. The maximum absolute atomic E-state index is 12.1. The van der Waals surface area contributed by atoms with Crippen molar-refractivity contribution in [2.75, 3.05) is 30.4 Å². The second-order valence-corrected chi connectivity index (χ2v) is 6.60. The molecule has 0 saturated heterocycles. The number of rotatable bonds is 4. The number of benzene rings is 2. The molecule has 0 aromatic heterocycles. The first kappa shape index (κ1) is 16.9. The van der Waals surface area contributed by atoms with Crippen molar-refractivity contribution in [3.63, 3.8) is 0 Å². The summed E-state index contributed by atoms with van der Waals surface area (Å²) in [5.41, 5.74) is 2.43. The van der Waals surface area contributed by atoms with Gasteiger partial charge in [-0.25, -0.2) is 0 Å². The molecule has 3 rings (SSSR count). The normalized spacial score (nSPS) is 12.6. The summed E-state index contributed by atoms with van der Waals surface area (Å²) in [6.07, 6.45) is 0. The van der Waals surface area contributed by atoms with Crippen molar-refractivity contribution in [3.8, 4) is 11.5 Å². The predicted octanol–water partition coefficient (Wildman–Crippen LogP) is 4.23. The minimum atomic E-state index is -0.164. The fourth-order valence-corrected chi connectivity index (χ4v) is 2.77. The van der Waals surface area contributed by atoms with Gasteiger partial charge in [0.25, 0.3) is 0 Å². The van der Waals surface area contributed by atoms with Crippen LogP contribution in [0.4, 0.5) is 11.4 Å². The number of aryl methyl sites for hydroxylation is 1. The third kappa shape index (κ3) is 3.94. The molecule has 0 unspecified atom stereocenters. The van der Waals surface area contributed by atoms with E-state index in [1.165, 1.54) is 0 Å². The summed E-state index contributed by atoms with van der Waals surface area (Å²) in [6.45, 7) is 3.06. The Morgan fingerprint density at radius 2 is 1.92 bits per heavy atom. The van der Waals surface area contributed by atoms with Gasteiger partial charge in [0.2, 0.25) is 5.91 Å². The molecule has 0 bridgehead atoms. The predicted molar refractivity (Wildman–Crippen MR) is 98.4 cm³/mol. The van der Waals surface area contributed by atoms with E-state index in [-0.39, 0.29) is 12.5 Å². The van der Waals surface area contributed by atoms with E-state index in [9.17, 15) is 4.79 Å². The lowest BCUT2D eigenvalue weighted by atomic mass is 10.2. The van der Waals surface area contributed by atoms with Gasteiger partial charge in [0.1, 0.15) is 13.2 Å². The fourth-order valence-electron chi connectivity index (χ4n) is 2.30. The molecule has 5 nitrogen and oxygen atoms in total. The quantitative estimate of drug-likeness (QED) is 0.790. The molecule has 7 heteroatoms. The Hall–Kier alpha value is -1.92. The highest BCUT2D eigenvalue weighted by Crippen LogP contribution is 2.37. The lowest BCUT2D eigenvalue weighted by molar-refractivity contribution is -0.114. The molecule has 1 amide bonds. The second-order valence-electron chi connectivity index (χ2n) is 5.34. The lowest BCUT2D eigenvalue weighted by Gasteiger charge is -2.20. The van der Waals surface area contributed by atoms with Gasteiger partial charge in [0, 0.05) is 22.3 Å². The molecule has 2 aromatic carbocycles. The molecular weight excluding hydrogens is 396 g/mol. The molecule has 24 heavy (non-hydrogen) atoms. The number of carbonyl (C=O) groups is 1. The number of fused-ring (bicyclic) bond motifs is 1. The Morgan fingerprint density at radius 3 is 2.62 bits per heavy atom. The molecule has 1 aliphatic rings. The number of halogens is 2. The topological polar surface area (TPSA) is 59.6 Å². The fraction of sp³-hybridized carbons (Fsp3) is 0.235. The van der Waals surface area contributed by atoms with Gasteiger partial charge in [0.15, 0.2) is 11.5 Å². The molecule has 0 spiro atoms. The average molecular weight is 412 g/mol. The number of ether oxygens (including phenoxy) is 2. The van der Waals surface area contributed by atoms with Gasteiger partial charge in [0.05, 0.1) is 17.3 Å². The molecule has 0 radical (unpaired) electrons. The molecule has 2 aromatic rings. The van der Waals surface area contributed by atoms with Gasteiger partial charge in [-0.3, -0.25) is 4.79 Å². The van der Waals surface area contributed by atoms with E-state index in [1.54, 1.807) is 12.1 Å². The average Bonchev–Trinajstić information content (AvgIpc) is 2.56. The van der Waals surface area contributed by atoms with Crippen LogP contribution >= 0.6 is 27.5 Å². The first-order valence-corrected chi connectivity index (χ1v) is 8.59. The molecular formula is C17H16BrClN2O3. The highest BCUT2D eigenvalue weighted by Gasteiger charge is 2.15. The zero-order chi connectivity index (χ0) is 17.1. The van der Waals surface area contributed by atoms with Crippen LogP contribution in [-0.2, 0) is 4.79 Å². The molecule has 0 saturated carbocycles. The maximum Gasteiger partial charge on any atom is 0.243 e. The van der Waals surface area contributed by atoms with E-state index in [4.69, 9.17) is 21.1 Å². The van der Waals surface area contributed by atoms with Crippen LogP contribution in [0.25, 0.3) is 0 Å². The monoisotopic (exact) mass is 410 g/mol. The highest BCUT2D eigenvalue weighted by atomic mass is 79.9. The molecule has 0 aliphatic carbocycles. The summed E-state index contributed by atoms with van der Waals surface area (Å²) in [6, 6.07) is 9.07. The summed E-state index contributed by atoms with van der Waals surface area (Å²) >= 11 is 9.64. The van der Waals surface area contributed by atoms with Crippen LogP contribution in [0.5, 0.6) is 11.5 Å². The third-order valence-corrected chi connectivity index (χ3v) is 4.72. The summed E-state index contributed by atoms with van der Waals surface area (Å²) in [5.74, 6) is 1.08. The first-order chi connectivity index (χ1) is 11.5. The summed E-state index contributed by atoms with van der Waals surface area (Å²) in [4.78, 5) is 12.1. The highest BCUT2D eigenvalue weighted by molar-refractivity contribution is 9.10. The largest absolute Gasteiger partial charge is 0.486 e. The number of carbonyl (C=O) groups excluding carboxylic acids is 1. The standard InChI is InChI=1S/C17H16BrClN2O3/c1-10-6-11(2-3-12(10)18)21-17(22)9-20-14-8-16-15(7-13(14)19)23-4-5-24-16/h2-3,6-8,20H,4-5,9H2,1H3,(H,21,22). The van der Waals surface area contributed by atoms with Crippen LogP contribution < -0.4 is 20.1 Å². The zero-order valence-electron chi connectivity index (χ0n) is 13.0. The summed E-state index contributed by atoms with van der Waals surface area (Å²) in [7, 11) is 0. The minimum Gasteiger partial charge on any atom is -0.486 e. The van der Waals surface area contributed by atoms with E-state index in [1.807, 2.05) is 25.1 Å². The first-order valence-electron chi connectivity index (χ1n) is 7.42. The lowest BCUT2D eigenvalue weighted by Crippen LogP contribution is -2.22. The Morgan fingerprint density at radius 1 is 1.21 bits per heavy atom. The molecule has 2 N–H and O–H groups in total. The molecule has 1 aliphatic heterocycles. The SMILES string of the molecule is Cc1cc(NC(=O)CNc2cc3c(cc2Cl)OCCO3)ccc1Br. The van der Waals surface area contributed by atoms with E-state index >= 15 is 0 Å². The van der Waals surface area contributed by atoms with Crippen molar-refractivity contribution in [3.05, 3.63) is 45.4 Å². The van der Waals surface area contributed by atoms with Crippen molar-refractivity contribution in [1.82, 2.24) is 0 Å². The Labute approximate surface area is 153 Å². The van der Waals surface area contributed by atoms with Crippen LogP contribution in [0, 0.1) is 6.92 Å².